The molecule has 0 aliphatic rings. The third-order valence-electron chi connectivity index (χ3n) is 6.16. The molecule has 0 radical (unpaired) electrons. The van der Waals surface area contributed by atoms with Crippen LogP contribution in [0.3, 0.4) is 0 Å². The zero-order chi connectivity index (χ0) is 28.4. The van der Waals surface area contributed by atoms with Gasteiger partial charge in [-0.25, -0.2) is 8.42 Å². The minimum absolute atomic E-state index is 0.142. The van der Waals surface area contributed by atoms with Crippen LogP contribution in [0.1, 0.15) is 30.9 Å². The summed E-state index contributed by atoms with van der Waals surface area (Å²) in [6, 6.07) is 22.9. The van der Waals surface area contributed by atoms with E-state index < -0.39 is 28.5 Å². The van der Waals surface area contributed by atoms with Gasteiger partial charge < -0.3 is 10.2 Å². The Bertz CT molecular complexity index is 1340. The number of nitrogens with one attached hydrogen (secondary N) is 1. The van der Waals surface area contributed by atoms with Crippen molar-refractivity contribution in [2.45, 2.75) is 38.8 Å². The largest absolute Gasteiger partial charge is 0.354 e. The van der Waals surface area contributed by atoms with Gasteiger partial charge in [0.15, 0.2) is 0 Å². The van der Waals surface area contributed by atoms with Crippen LogP contribution in [0.4, 0.5) is 5.69 Å². The molecule has 3 aromatic rings. The lowest BCUT2D eigenvalue weighted by molar-refractivity contribution is -0.140. The van der Waals surface area contributed by atoms with Gasteiger partial charge in [-0.05, 0) is 53.9 Å². The van der Waals surface area contributed by atoms with Crippen LogP contribution in [0, 0.1) is 0 Å². The smallest absolute Gasteiger partial charge is 0.244 e. The molecule has 3 aromatic carbocycles. The molecule has 1 atom stereocenters. The molecule has 39 heavy (non-hydrogen) atoms. The molecule has 0 heterocycles. The molecular weight excluding hydrogens is 646 g/mol. The van der Waals surface area contributed by atoms with E-state index in [0.29, 0.717) is 12.2 Å². The molecule has 0 aliphatic carbocycles. The number of hydrogen-bond donors (Lipinski definition) is 1. The zero-order valence-corrected chi connectivity index (χ0v) is 26.0. The van der Waals surface area contributed by atoms with Crippen LogP contribution < -0.4 is 9.62 Å². The average Bonchev–Trinajstić information content (AvgIpc) is 2.91. The molecule has 1 N–H and O–H groups in total. The van der Waals surface area contributed by atoms with Gasteiger partial charge in [-0.2, -0.15) is 0 Å². The fourth-order valence-electron chi connectivity index (χ4n) is 4.07. The Morgan fingerprint density at radius 2 is 1.46 bits per heavy atom. The molecule has 7 nitrogen and oxygen atoms in total. The summed E-state index contributed by atoms with van der Waals surface area (Å²) in [5.74, 6) is -0.745. The topological polar surface area (TPSA) is 86.8 Å². The lowest BCUT2D eigenvalue weighted by Crippen LogP contribution is -2.53. The van der Waals surface area contributed by atoms with E-state index in [1.807, 2.05) is 61.5 Å². The van der Waals surface area contributed by atoms with Crippen molar-refractivity contribution in [3.8, 4) is 0 Å². The van der Waals surface area contributed by atoms with Gasteiger partial charge in [-0.15, -0.1) is 0 Å². The summed E-state index contributed by atoms with van der Waals surface area (Å²) in [5.41, 5.74) is 2.08. The predicted octanol–water partition coefficient (Wildman–Crippen LogP) is 5.53. The average molecular weight is 679 g/mol. The second-order valence-corrected chi connectivity index (χ2v) is 13.0. The standard InChI is InChI=1S/C29H33Br2N3O4S/c1-3-4-18-32-29(36)27(19-22-8-6-5-7-9-22)33(20-23-10-12-24(30)13-11-23)28(35)21-34(39(2,37)38)26-16-14-25(31)15-17-26/h5-17,27H,3-4,18-21H2,1-2H3,(H,32,36)/t27-/m1/s1. The number of nitrogens with zero attached hydrogens (tertiary/aromatic N) is 2. The highest BCUT2D eigenvalue weighted by Crippen LogP contribution is 2.23. The van der Waals surface area contributed by atoms with Crippen LogP contribution in [-0.2, 0) is 32.6 Å². The van der Waals surface area contributed by atoms with E-state index in [1.165, 1.54) is 4.90 Å². The van der Waals surface area contributed by atoms with E-state index in [2.05, 4.69) is 37.2 Å². The molecule has 0 fully saturated rings. The van der Waals surface area contributed by atoms with E-state index >= 15 is 0 Å². The molecule has 0 bridgehead atoms. The number of rotatable bonds is 13. The molecule has 0 unspecified atom stereocenters. The fraction of sp³-hybridized carbons (Fsp3) is 0.310. The normalized spacial score (nSPS) is 12.0. The number of benzene rings is 3. The number of anilines is 1. The van der Waals surface area contributed by atoms with Gasteiger partial charge in [0.25, 0.3) is 0 Å². The minimum Gasteiger partial charge on any atom is -0.354 e. The van der Waals surface area contributed by atoms with E-state index in [-0.39, 0.29) is 18.9 Å². The van der Waals surface area contributed by atoms with Gasteiger partial charge in [0.2, 0.25) is 21.8 Å². The van der Waals surface area contributed by atoms with Gasteiger partial charge in [0, 0.05) is 28.5 Å². The number of amides is 2. The van der Waals surface area contributed by atoms with Crippen LogP contribution in [-0.4, -0.2) is 50.5 Å². The quantitative estimate of drug-likeness (QED) is 0.241. The molecule has 2 amide bonds. The molecule has 0 aromatic heterocycles. The first-order valence-corrected chi connectivity index (χ1v) is 16.1. The molecule has 0 aliphatic heterocycles. The predicted molar refractivity (Wildman–Crippen MR) is 163 cm³/mol. The summed E-state index contributed by atoms with van der Waals surface area (Å²) in [5, 5.41) is 2.98. The lowest BCUT2D eigenvalue weighted by atomic mass is 10.0. The highest BCUT2D eigenvalue weighted by molar-refractivity contribution is 9.10. The molecular formula is C29H33Br2N3O4S. The Balaban J connectivity index is 2.01. The van der Waals surface area contributed by atoms with Crippen molar-refractivity contribution in [2.24, 2.45) is 0 Å². The van der Waals surface area contributed by atoms with E-state index in [0.717, 1.165) is 43.5 Å². The maximum absolute atomic E-state index is 14.0. The van der Waals surface area contributed by atoms with Crippen molar-refractivity contribution >= 4 is 59.4 Å². The summed E-state index contributed by atoms with van der Waals surface area (Å²) in [4.78, 5) is 29.0. The second-order valence-electron chi connectivity index (χ2n) is 9.24. The van der Waals surface area contributed by atoms with E-state index in [4.69, 9.17) is 0 Å². The maximum Gasteiger partial charge on any atom is 0.244 e. The van der Waals surface area contributed by atoms with Crippen molar-refractivity contribution in [1.82, 2.24) is 10.2 Å². The Hall–Kier alpha value is -2.69. The fourth-order valence-corrected chi connectivity index (χ4v) is 5.45. The Kier molecular flexibility index (Phi) is 11.6. The summed E-state index contributed by atoms with van der Waals surface area (Å²) in [6.07, 6.45) is 3.09. The highest BCUT2D eigenvalue weighted by atomic mass is 79.9. The number of unbranched alkanes of at least 4 members (excludes halogenated alkanes) is 1. The van der Waals surface area contributed by atoms with E-state index in [1.54, 1.807) is 24.3 Å². The van der Waals surface area contributed by atoms with Crippen LogP contribution in [0.15, 0.2) is 87.8 Å². The first-order chi connectivity index (χ1) is 18.6. The number of halogens is 2. The molecule has 0 spiro atoms. The first-order valence-electron chi connectivity index (χ1n) is 12.7. The van der Waals surface area contributed by atoms with Gasteiger partial charge in [0.1, 0.15) is 12.6 Å². The summed E-state index contributed by atoms with van der Waals surface area (Å²) >= 11 is 6.80. The Morgan fingerprint density at radius 1 is 0.872 bits per heavy atom. The number of hydrogen-bond acceptors (Lipinski definition) is 4. The van der Waals surface area contributed by atoms with Crippen molar-refractivity contribution in [1.29, 1.82) is 0 Å². The van der Waals surface area contributed by atoms with Crippen LogP contribution in [0.25, 0.3) is 0 Å². The molecule has 3 rings (SSSR count). The van der Waals surface area contributed by atoms with Crippen molar-refractivity contribution in [3.63, 3.8) is 0 Å². The third kappa shape index (κ3) is 9.47. The maximum atomic E-state index is 14.0. The van der Waals surface area contributed by atoms with Crippen molar-refractivity contribution in [3.05, 3.63) is 98.9 Å². The summed E-state index contributed by atoms with van der Waals surface area (Å²) in [7, 11) is -3.80. The third-order valence-corrected chi connectivity index (χ3v) is 8.36. The number of carbonyl (C=O) groups is 2. The number of carbonyl (C=O) groups excluding carboxylic acids is 2. The lowest BCUT2D eigenvalue weighted by Gasteiger charge is -2.33. The van der Waals surface area contributed by atoms with Gasteiger partial charge >= 0.3 is 0 Å². The minimum atomic E-state index is -3.80. The van der Waals surface area contributed by atoms with Crippen LogP contribution in [0.2, 0.25) is 0 Å². The van der Waals surface area contributed by atoms with Crippen LogP contribution in [0.5, 0.6) is 0 Å². The van der Waals surface area contributed by atoms with Gasteiger partial charge in [-0.1, -0.05) is 87.7 Å². The van der Waals surface area contributed by atoms with E-state index in [9.17, 15) is 18.0 Å². The highest BCUT2D eigenvalue weighted by Gasteiger charge is 2.32. The van der Waals surface area contributed by atoms with Crippen molar-refractivity contribution in [2.75, 3.05) is 23.7 Å². The SMILES string of the molecule is CCCCNC(=O)[C@@H](Cc1ccccc1)N(Cc1ccc(Br)cc1)C(=O)CN(c1ccc(Br)cc1)S(C)(=O)=O. The summed E-state index contributed by atoms with van der Waals surface area (Å²) in [6.45, 7) is 2.24. The second kappa shape index (κ2) is 14.6. The van der Waals surface area contributed by atoms with Gasteiger partial charge in [-0.3, -0.25) is 13.9 Å². The van der Waals surface area contributed by atoms with Crippen LogP contribution >= 0.6 is 31.9 Å². The van der Waals surface area contributed by atoms with Gasteiger partial charge in [0.05, 0.1) is 11.9 Å². The Morgan fingerprint density at radius 3 is 2.03 bits per heavy atom. The number of sulfonamides is 1. The van der Waals surface area contributed by atoms with Crippen molar-refractivity contribution < 1.29 is 18.0 Å². The molecule has 208 valence electrons. The molecule has 10 heteroatoms. The first kappa shape index (κ1) is 30.8. The monoisotopic (exact) mass is 677 g/mol. The molecule has 0 saturated carbocycles. The Labute approximate surface area is 247 Å². The summed E-state index contributed by atoms with van der Waals surface area (Å²) < 4.78 is 28.3. The molecule has 0 saturated heterocycles. The zero-order valence-electron chi connectivity index (χ0n) is 22.0.